The van der Waals surface area contributed by atoms with E-state index >= 15 is 0 Å². The summed E-state index contributed by atoms with van der Waals surface area (Å²) in [6.07, 6.45) is 7.04. The maximum atomic E-state index is 13.1. The molecule has 0 saturated carbocycles. The molecule has 3 N–H and O–H groups in total. The highest BCUT2D eigenvalue weighted by atomic mass is 16.5. The van der Waals surface area contributed by atoms with E-state index < -0.39 is 29.6 Å². The molecular weight excluding hydrogens is 446 g/mol. The first-order valence-corrected chi connectivity index (χ1v) is 12.4. The number of carboxylic acid groups (broad SMARTS) is 1. The number of rotatable bonds is 9. The van der Waals surface area contributed by atoms with Gasteiger partial charge in [-0.3, -0.25) is 4.79 Å². The van der Waals surface area contributed by atoms with Crippen LogP contribution < -0.4 is 4.74 Å². The lowest BCUT2D eigenvalue weighted by atomic mass is 9.84. The fraction of sp³-hybridized carbons (Fsp3) is 0.571. The lowest BCUT2D eigenvalue weighted by Crippen LogP contribution is -2.49. The third-order valence-electron chi connectivity index (χ3n) is 7.17. The van der Waals surface area contributed by atoms with E-state index in [1.165, 1.54) is 22.1 Å². The van der Waals surface area contributed by atoms with Crippen LogP contribution in [0.2, 0.25) is 0 Å². The number of aliphatic hydroxyl groups is 1. The van der Waals surface area contributed by atoms with Gasteiger partial charge in [-0.25, -0.2) is 4.79 Å². The maximum absolute atomic E-state index is 13.1. The van der Waals surface area contributed by atoms with Crippen LogP contribution >= 0.6 is 0 Å². The number of fused-ring (bicyclic) bond motifs is 3. The van der Waals surface area contributed by atoms with E-state index in [1.807, 2.05) is 6.92 Å². The lowest BCUT2D eigenvalue weighted by molar-refractivity contribution is -0.144. The second-order valence-corrected chi connectivity index (χ2v) is 10.7. The third-order valence-corrected chi connectivity index (χ3v) is 7.17. The van der Waals surface area contributed by atoms with Crippen molar-refractivity contribution in [1.29, 1.82) is 0 Å². The van der Waals surface area contributed by atoms with Gasteiger partial charge >= 0.3 is 5.97 Å². The number of phenols is 1. The molecule has 2 aliphatic heterocycles. The summed E-state index contributed by atoms with van der Waals surface area (Å²) in [5.41, 5.74) is 3.01. The van der Waals surface area contributed by atoms with Crippen molar-refractivity contribution >= 4 is 11.9 Å². The number of hydrogen-bond acceptors (Lipinski definition) is 5. The fourth-order valence-electron chi connectivity index (χ4n) is 5.02. The number of aliphatic hydroxyl groups excluding tert-OH is 1. The SMILES string of the molecule is CC(C)=CCC/C(C)=C/CC[C@]1(C)Oc2c(c(O)cc3c2CN([C@H](C(=O)O)C(C)C)C3=O)C[C@@H]1O. The molecule has 192 valence electrons. The van der Waals surface area contributed by atoms with Crippen LogP contribution in [0.1, 0.15) is 88.7 Å². The zero-order valence-corrected chi connectivity index (χ0v) is 21.7. The summed E-state index contributed by atoms with van der Waals surface area (Å²) in [5.74, 6) is -1.48. The predicted molar refractivity (Wildman–Crippen MR) is 135 cm³/mol. The topological polar surface area (TPSA) is 107 Å². The Bertz CT molecular complexity index is 1050. The molecule has 1 aromatic carbocycles. The maximum Gasteiger partial charge on any atom is 0.326 e. The molecule has 2 aliphatic rings. The Morgan fingerprint density at radius 1 is 1.23 bits per heavy atom. The fourth-order valence-corrected chi connectivity index (χ4v) is 5.02. The Labute approximate surface area is 208 Å². The lowest BCUT2D eigenvalue weighted by Gasteiger charge is -2.41. The van der Waals surface area contributed by atoms with E-state index in [9.17, 15) is 24.9 Å². The normalized spacial score (nSPS) is 22.5. The molecule has 1 amide bonds. The minimum Gasteiger partial charge on any atom is -0.508 e. The molecular formula is C28H39NO6. The Morgan fingerprint density at radius 3 is 2.51 bits per heavy atom. The number of ether oxygens (including phenoxy) is 1. The average Bonchev–Trinajstić information content (AvgIpc) is 3.05. The van der Waals surface area contributed by atoms with Crippen LogP contribution in [0, 0.1) is 5.92 Å². The van der Waals surface area contributed by atoms with Gasteiger partial charge in [-0.05, 0) is 65.4 Å². The quantitative estimate of drug-likeness (QED) is 0.426. The molecule has 0 radical (unpaired) electrons. The molecule has 0 unspecified atom stereocenters. The number of carbonyl (C=O) groups excluding carboxylic acids is 1. The van der Waals surface area contributed by atoms with Crippen molar-refractivity contribution in [1.82, 2.24) is 4.90 Å². The third kappa shape index (κ3) is 5.56. The second-order valence-electron chi connectivity index (χ2n) is 10.7. The van der Waals surface area contributed by atoms with Gasteiger partial charge in [0.05, 0.1) is 18.2 Å². The van der Waals surface area contributed by atoms with Crippen molar-refractivity contribution in [2.45, 2.75) is 97.9 Å². The summed E-state index contributed by atoms with van der Waals surface area (Å²) < 4.78 is 6.37. The van der Waals surface area contributed by atoms with E-state index in [1.54, 1.807) is 13.8 Å². The van der Waals surface area contributed by atoms with Crippen LogP contribution in [0.3, 0.4) is 0 Å². The molecule has 7 heteroatoms. The Morgan fingerprint density at radius 2 is 1.91 bits per heavy atom. The van der Waals surface area contributed by atoms with Crippen molar-refractivity contribution in [2.24, 2.45) is 5.92 Å². The van der Waals surface area contributed by atoms with Gasteiger partial charge in [-0.1, -0.05) is 37.1 Å². The first-order valence-electron chi connectivity index (χ1n) is 12.4. The molecule has 3 atom stereocenters. The van der Waals surface area contributed by atoms with Gasteiger partial charge in [0.15, 0.2) is 0 Å². The number of nitrogens with zero attached hydrogens (tertiary/aromatic N) is 1. The molecule has 3 rings (SSSR count). The van der Waals surface area contributed by atoms with E-state index in [-0.39, 0.29) is 30.2 Å². The summed E-state index contributed by atoms with van der Waals surface area (Å²) in [6, 6.07) is 0.403. The minimum absolute atomic E-state index is 0.0987. The standard InChI is InChI=1S/C28H39NO6/c1-16(2)9-7-10-18(5)11-8-12-28(6)23(31)14-20-22(30)13-19-21(25(20)35-28)15-29(26(19)32)24(17(3)4)27(33)34/h9,11,13,17,23-24,30-31H,7-8,10,12,14-15H2,1-6H3,(H,33,34)/b18-11+/t23-,24-,28-/m0/s1. The number of carboxylic acids is 1. The molecule has 7 nitrogen and oxygen atoms in total. The van der Waals surface area contributed by atoms with E-state index in [2.05, 4.69) is 32.9 Å². The number of aliphatic carboxylic acids is 1. The van der Waals surface area contributed by atoms with Gasteiger partial charge in [0.25, 0.3) is 5.91 Å². The monoisotopic (exact) mass is 485 g/mol. The zero-order chi connectivity index (χ0) is 26.1. The van der Waals surface area contributed by atoms with Gasteiger partial charge in [0.2, 0.25) is 0 Å². The molecule has 0 aromatic heterocycles. The summed E-state index contributed by atoms with van der Waals surface area (Å²) in [7, 11) is 0. The molecule has 0 saturated heterocycles. The summed E-state index contributed by atoms with van der Waals surface area (Å²) in [5, 5.41) is 31.3. The van der Waals surface area contributed by atoms with E-state index in [0.717, 1.165) is 19.3 Å². The summed E-state index contributed by atoms with van der Waals surface area (Å²) >= 11 is 0. The molecule has 2 heterocycles. The number of aromatic hydroxyl groups is 1. The van der Waals surface area contributed by atoms with Crippen LogP contribution in [-0.4, -0.2) is 49.8 Å². The zero-order valence-electron chi connectivity index (χ0n) is 21.7. The van der Waals surface area contributed by atoms with Gasteiger partial charge in [-0.2, -0.15) is 0 Å². The predicted octanol–water partition coefficient (Wildman–Crippen LogP) is 4.98. The average molecular weight is 486 g/mol. The van der Waals surface area contributed by atoms with Crippen LogP contribution in [0.25, 0.3) is 0 Å². The van der Waals surface area contributed by atoms with Gasteiger partial charge in [0.1, 0.15) is 23.1 Å². The largest absolute Gasteiger partial charge is 0.508 e. The number of benzene rings is 1. The van der Waals surface area contributed by atoms with Crippen molar-refractivity contribution in [3.8, 4) is 11.5 Å². The highest BCUT2D eigenvalue weighted by molar-refractivity contribution is 6.02. The van der Waals surface area contributed by atoms with Crippen molar-refractivity contribution in [3.05, 3.63) is 46.1 Å². The Hall–Kier alpha value is -2.80. The van der Waals surface area contributed by atoms with Gasteiger partial charge in [0, 0.05) is 17.5 Å². The van der Waals surface area contributed by atoms with Crippen LogP contribution in [0.4, 0.5) is 0 Å². The van der Waals surface area contributed by atoms with Crippen LogP contribution in [-0.2, 0) is 17.8 Å². The number of carbonyl (C=O) groups is 2. The van der Waals surface area contributed by atoms with E-state index in [0.29, 0.717) is 23.3 Å². The smallest absolute Gasteiger partial charge is 0.326 e. The molecule has 0 aliphatic carbocycles. The molecule has 35 heavy (non-hydrogen) atoms. The minimum atomic E-state index is -1.06. The molecule has 0 spiro atoms. The highest BCUT2D eigenvalue weighted by Gasteiger charge is 2.46. The first kappa shape index (κ1) is 26.8. The van der Waals surface area contributed by atoms with Crippen molar-refractivity contribution < 1.29 is 29.6 Å². The van der Waals surface area contributed by atoms with Crippen LogP contribution in [0.15, 0.2) is 29.4 Å². The summed E-state index contributed by atoms with van der Waals surface area (Å²) in [4.78, 5) is 26.3. The van der Waals surface area contributed by atoms with Crippen molar-refractivity contribution in [3.63, 3.8) is 0 Å². The molecule has 1 aromatic rings. The first-order chi connectivity index (χ1) is 16.4. The van der Waals surface area contributed by atoms with Gasteiger partial charge < -0.3 is 25.0 Å². The Balaban J connectivity index is 1.84. The van der Waals surface area contributed by atoms with Crippen molar-refractivity contribution in [2.75, 3.05) is 0 Å². The van der Waals surface area contributed by atoms with Gasteiger partial charge in [-0.15, -0.1) is 0 Å². The Kier molecular flexibility index (Phi) is 8.00. The van der Waals surface area contributed by atoms with E-state index in [4.69, 9.17) is 4.74 Å². The summed E-state index contributed by atoms with van der Waals surface area (Å²) in [6.45, 7) is 11.8. The second kappa shape index (κ2) is 10.4. The number of amides is 1. The highest BCUT2D eigenvalue weighted by Crippen LogP contribution is 2.46. The van der Waals surface area contributed by atoms with Crippen LogP contribution in [0.5, 0.6) is 11.5 Å². The number of allylic oxidation sites excluding steroid dienone is 4. The number of hydrogen-bond donors (Lipinski definition) is 3. The number of phenolic OH excluding ortho intramolecular Hbond substituents is 1. The molecule has 0 bridgehead atoms. The molecule has 0 fully saturated rings.